The molecule has 45 heavy (non-hydrogen) atoms. The molecule has 0 saturated carbocycles. The van der Waals surface area contributed by atoms with Crippen molar-refractivity contribution in [3.63, 3.8) is 0 Å². The molecule has 0 atom stereocenters. The SMILES string of the molecule is CCCCCCCCCCCCCCCC[n+]1ccccc1.CCCC[B-](c1ccccc1)(c1ccccc1)c1ccccc1. The smallest absolute Gasteiger partial charge is 0.168 e. The van der Waals surface area contributed by atoms with Crippen LogP contribution in [0.5, 0.6) is 0 Å². The van der Waals surface area contributed by atoms with Crippen molar-refractivity contribution in [2.24, 2.45) is 0 Å². The summed E-state index contributed by atoms with van der Waals surface area (Å²) in [4.78, 5) is 0. The first-order valence-corrected chi connectivity index (χ1v) is 18.6. The van der Waals surface area contributed by atoms with Gasteiger partial charge in [-0.1, -0.05) is 201 Å². The maximum atomic E-state index is 2.30. The second kappa shape index (κ2) is 23.2. The minimum Gasteiger partial charge on any atom is -0.205 e. The van der Waals surface area contributed by atoms with Crippen LogP contribution in [0.3, 0.4) is 0 Å². The Balaban J connectivity index is 0.000000246. The van der Waals surface area contributed by atoms with Crippen LogP contribution in [0.1, 0.15) is 117 Å². The van der Waals surface area contributed by atoms with E-state index in [1.807, 2.05) is 0 Å². The summed E-state index contributed by atoms with van der Waals surface area (Å²) >= 11 is 0. The van der Waals surface area contributed by atoms with Gasteiger partial charge in [0.1, 0.15) is 6.54 Å². The maximum Gasteiger partial charge on any atom is 0.168 e. The van der Waals surface area contributed by atoms with Gasteiger partial charge in [-0.05, 0) is 6.42 Å². The van der Waals surface area contributed by atoms with Crippen molar-refractivity contribution in [3.05, 3.63) is 122 Å². The van der Waals surface area contributed by atoms with Gasteiger partial charge < -0.3 is 0 Å². The molecule has 0 aliphatic carbocycles. The van der Waals surface area contributed by atoms with E-state index in [1.54, 1.807) is 0 Å². The van der Waals surface area contributed by atoms with Crippen molar-refractivity contribution in [2.45, 2.75) is 129 Å². The molecule has 0 amide bonds. The third-order valence-corrected chi connectivity index (χ3v) is 9.64. The summed E-state index contributed by atoms with van der Waals surface area (Å²) in [5, 5.41) is 0. The standard InChI is InChI=1S/C22H24B.C21H38N/c1-2-3-19-23(20-13-7-4-8-14-20,21-15-9-5-10-16-21)22-17-11-6-12-18-22;1-2-3-4-5-6-7-8-9-10-11-12-13-14-16-19-22-20-17-15-18-21-22/h4-18H,2-3,19H2,1H3;15,17-18,20-21H,2-14,16,19H2,1H3/q-1;+1. The predicted molar refractivity (Wildman–Crippen MR) is 201 cm³/mol. The molecule has 0 N–H and O–H groups in total. The molecule has 4 aromatic rings. The number of pyridine rings is 1. The van der Waals surface area contributed by atoms with E-state index in [1.165, 1.54) is 132 Å². The molecular formula is C43H62BN. The second-order valence-corrected chi connectivity index (χ2v) is 13.1. The zero-order valence-electron chi connectivity index (χ0n) is 28.8. The van der Waals surface area contributed by atoms with Crippen molar-refractivity contribution in [3.8, 4) is 0 Å². The highest BCUT2D eigenvalue weighted by Gasteiger charge is 2.28. The number of aromatic nitrogens is 1. The third kappa shape index (κ3) is 13.4. The summed E-state index contributed by atoms with van der Waals surface area (Å²) in [6, 6.07) is 39.5. The largest absolute Gasteiger partial charge is 0.205 e. The number of unbranched alkanes of at least 4 members (excludes halogenated alkanes) is 14. The molecule has 0 aliphatic heterocycles. The number of hydrogen-bond donors (Lipinski definition) is 0. The third-order valence-electron chi connectivity index (χ3n) is 9.64. The van der Waals surface area contributed by atoms with Crippen molar-refractivity contribution in [1.82, 2.24) is 0 Å². The Kier molecular flexibility index (Phi) is 18.8. The number of benzene rings is 3. The molecule has 0 spiro atoms. The maximum absolute atomic E-state index is 2.30. The molecule has 0 radical (unpaired) electrons. The highest BCUT2D eigenvalue weighted by Crippen LogP contribution is 2.16. The fourth-order valence-corrected chi connectivity index (χ4v) is 7.00. The van der Waals surface area contributed by atoms with E-state index in [4.69, 9.17) is 0 Å². The van der Waals surface area contributed by atoms with Crippen LogP contribution in [-0.2, 0) is 6.54 Å². The van der Waals surface area contributed by atoms with Crippen LogP contribution in [0.2, 0.25) is 6.32 Å². The van der Waals surface area contributed by atoms with Gasteiger partial charge in [0.05, 0.1) is 6.15 Å². The highest BCUT2D eigenvalue weighted by molar-refractivity contribution is 7.11. The van der Waals surface area contributed by atoms with Crippen LogP contribution in [-0.4, -0.2) is 6.15 Å². The fraction of sp³-hybridized carbons (Fsp3) is 0.465. The van der Waals surface area contributed by atoms with Gasteiger partial charge in [0.25, 0.3) is 0 Å². The van der Waals surface area contributed by atoms with E-state index >= 15 is 0 Å². The Labute approximate surface area is 277 Å². The van der Waals surface area contributed by atoms with Gasteiger partial charge in [0.15, 0.2) is 12.4 Å². The van der Waals surface area contributed by atoms with Crippen LogP contribution in [0, 0.1) is 0 Å². The van der Waals surface area contributed by atoms with Crippen molar-refractivity contribution in [2.75, 3.05) is 0 Å². The first-order valence-electron chi connectivity index (χ1n) is 18.6. The van der Waals surface area contributed by atoms with E-state index in [0.29, 0.717) is 0 Å². The number of hydrogen-bond acceptors (Lipinski definition) is 0. The monoisotopic (exact) mass is 603 g/mol. The van der Waals surface area contributed by atoms with Crippen molar-refractivity contribution < 1.29 is 4.57 Å². The predicted octanol–water partition coefficient (Wildman–Crippen LogP) is 10.4. The number of nitrogens with zero attached hydrogens (tertiary/aromatic N) is 1. The van der Waals surface area contributed by atoms with E-state index < -0.39 is 6.15 Å². The lowest BCUT2D eigenvalue weighted by Gasteiger charge is -2.43. The van der Waals surface area contributed by atoms with Gasteiger partial charge in [-0.25, -0.2) is 4.57 Å². The number of rotatable bonds is 21. The zero-order chi connectivity index (χ0) is 31.7. The van der Waals surface area contributed by atoms with Gasteiger partial charge >= 0.3 is 0 Å². The molecule has 0 bridgehead atoms. The summed E-state index contributed by atoms with van der Waals surface area (Å²) in [5.41, 5.74) is 4.33. The van der Waals surface area contributed by atoms with Crippen LogP contribution in [0.25, 0.3) is 0 Å². The summed E-state index contributed by atoms with van der Waals surface area (Å²) in [6.45, 7) is 5.75. The van der Waals surface area contributed by atoms with E-state index in [9.17, 15) is 0 Å². The Bertz CT molecular complexity index is 1110. The Hall–Kier alpha value is -3.13. The number of aryl methyl sites for hydroxylation is 1. The van der Waals surface area contributed by atoms with Crippen LogP contribution in [0.4, 0.5) is 0 Å². The van der Waals surface area contributed by atoms with Gasteiger partial charge in [-0.3, -0.25) is 0 Å². The van der Waals surface area contributed by atoms with Crippen LogP contribution >= 0.6 is 0 Å². The van der Waals surface area contributed by atoms with E-state index in [2.05, 4.69) is 140 Å². The molecule has 2 heteroatoms. The topological polar surface area (TPSA) is 3.88 Å². The quantitative estimate of drug-likeness (QED) is 0.0507. The molecular weight excluding hydrogens is 541 g/mol. The molecule has 0 aliphatic rings. The molecule has 1 aromatic heterocycles. The minimum atomic E-state index is -0.913. The lowest BCUT2D eigenvalue weighted by atomic mass is 9.14. The Morgan fingerprint density at radius 2 is 0.711 bits per heavy atom. The van der Waals surface area contributed by atoms with Crippen molar-refractivity contribution >= 4 is 22.5 Å². The van der Waals surface area contributed by atoms with Crippen molar-refractivity contribution in [1.29, 1.82) is 0 Å². The molecule has 1 nitrogen and oxygen atoms in total. The first kappa shape index (κ1) is 36.3. The highest BCUT2D eigenvalue weighted by atomic mass is 14.9. The lowest BCUT2D eigenvalue weighted by Crippen LogP contribution is -2.66. The summed E-state index contributed by atoms with van der Waals surface area (Å²) < 4.78 is 2.29. The molecule has 242 valence electrons. The molecule has 0 fully saturated rings. The Morgan fingerprint density at radius 1 is 0.378 bits per heavy atom. The summed E-state index contributed by atoms with van der Waals surface area (Å²) in [7, 11) is 0. The minimum absolute atomic E-state index is 0.913. The molecule has 4 rings (SSSR count). The molecule has 3 aromatic carbocycles. The lowest BCUT2D eigenvalue weighted by molar-refractivity contribution is -0.697. The Morgan fingerprint density at radius 3 is 1.09 bits per heavy atom. The molecule has 0 saturated heterocycles. The zero-order valence-corrected chi connectivity index (χ0v) is 28.8. The average Bonchev–Trinajstić information content (AvgIpc) is 3.11. The van der Waals surface area contributed by atoms with Gasteiger partial charge in [0.2, 0.25) is 0 Å². The fourth-order valence-electron chi connectivity index (χ4n) is 7.00. The second-order valence-electron chi connectivity index (χ2n) is 13.1. The van der Waals surface area contributed by atoms with Crippen LogP contribution < -0.4 is 21.0 Å². The van der Waals surface area contributed by atoms with E-state index in [0.717, 1.165) is 0 Å². The molecule has 0 unspecified atom stereocenters. The van der Waals surface area contributed by atoms with Gasteiger partial charge in [-0.15, -0.1) is 0 Å². The normalized spacial score (nSPS) is 11.2. The average molecular weight is 604 g/mol. The van der Waals surface area contributed by atoms with E-state index in [-0.39, 0.29) is 0 Å². The molecule has 1 heterocycles. The van der Waals surface area contributed by atoms with Crippen LogP contribution in [0.15, 0.2) is 122 Å². The van der Waals surface area contributed by atoms with Gasteiger partial charge in [0, 0.05) is 18.6 Å². The van der Waals surface area contributed by atoms with Gasteiger partial charge in [-0.2, -0.15) is 22.7 Å². The summed E-state index contributed by atoms with van der Waals surface area (Å²) in [5.74, 6) is 0. The first-order chi connectivity index (χ1) is 22.3. The summed E-state index contributed by atoms with van der Waals surface area (Å²) in [6.07, 6.45) is 27.2.